The molecule has 1 atom stereocenters. The first-order chi connectivity index (χ1) is 15.2. The second-order valence-corrected chi connectivity index (χ2v) is 6.72. The molecule has 168 valence electrons. The molecule has 3 aromatic rings. The van der Waals surface area contributed by atoms with Crippen molar-refractivity contribution in [2.75, 3.05) is 13.2 Å². The fourth-order valence-corrected chi connectivity index (χ4v) is 3.01. The molecular weight excluding hydrogens is 427 g/mol. The molecule has 7 nitrogen and oxygen atoms in total. The van der Waals surface area contributed by atoms with E-state index < -0.39 is 35.4 Å². The van der Waals surface area contributed by atoms with Crippen LogP contribution in [0.25, 0.3) is 5.69 Å². The van der Waals surface area contributed by atoms with Gasteiger partial charge in [-0.3, -0.25) is 4.79 Å². The summed E-state index contributed by atoms with van der Waals surface area (Å²) >= 11 is 0. The predicted molar refractivity (Wildman–Crippen MR) is 108 cm³/mol. The first-order valence-electron chi connectivity index (χ1n) is 9.66. The van der Waals surface area contributed by atoms with Crippen LogP contribution in [0.2, 0.25) is 0 Å². The van der Waals surface area contributed by atoms with Crippen molar-refractivity contribution in [2.45, 2.75) is 19.2 Å². The van der Waals surface area contributed by atoms with E-state index >= 15 is 0 Å². The van der Waals surface area contributed by atoms with Crippen molar-refractivity contribution in [3.05, 3.63) is 83.2 Å². The minimum atomic E-state index is -4.86. The summed E-state index contributed by atoms with van der Waals surface area (Å²) in [5.74, 6) is -1.63. The number of ether oxygens (including phenoxy) is 1. The van der Waals surface area contributed by atoms with Gasteiger partial charge in [0.05, 0.1) is 24.6 Å². The highest BCUT2D eigenvalue weighted by Crippen LogP contribution is 2.34. The van der Waals surface area contributed by atoms with E-state index in [0.717, 1.165) is 6.20 Å². The van der Waals surface area contributed by atoms with Crippen LogP contribution in [0.1, 0.15) is 45.0 Å². The average Bonchev–Trinajstić information content (AvgIpc) is 3.24. The zero-order valence-corrected chi connectivity index (χ0v) is 17.0. The SMILES string of the molecule is CCOC(=O)c1cnn(-c2ccc(C(=O)NCC(O)c3ccccc3)cc2)c1C(F)(F)F. The molecule has 0 spiro atoms. The number of carbonyl (C=O) groups excluding carboxylic acids is 2. The number of amides is 1. The number of nitrogens with zero attached hydrogens (tertiary/aromatic N) is 2. The molecule has 3 rings (SSSR count). The molecule has 0 saturated heterocycles. The van der Waals surface area contributed by atoms with Crippen LogP contribution < -0.4 is 5.32 Å². The molecule has 1 unspecified atom stereocenters. The number of aliphatic hydroxyl groups excluding tert-OH is 1. The number of esters is 1. The van der Waals surface area contributed by atoms with E-state index in [1.165, 1.54) is 31.2 Å². The molecule has 0 aliphatic rings. The van der Waals surface area contributed by atoms with Gasteiger partial charge in [0.25, 0.3) is 5.91 Å². The third-order valence-corrected chi connectivity index (χ3v) is 4.55. The highest BCUT2D eigenvalue weighted by atomic mass is 19.4. The minimum absolute atomic E-state index is 0.00810. The molecule has 0 saturated carbocycles. The molecule has 0 aliphatic heterocycles. The molecule has 1 aromatic heterocycles. The maximum Gasteiger partial charge on any atom is 0.434 e. The Morgan fingerprint density at radius 2 is 1.78 bits per heavy atom. The number of hydrogen-bond acceptors (Lipinski definition) is 5. The zero-order valence-electron chi connectivity index (χ0n) is 17.0. The lowest BCUT2D eigenvalue weighted by Crippen LogP contribution is -2.28. The summed E-state index contributed by atoms with van der Waals surface area (Å²) in [7, 11) is 0. The van der Waals surface area contributed by atoms with Crippen molar-refractivity contribution in [1.29, 1.82) is 0 Å². The van der Waals surface area contributed by atoms with E-state index in [9.17, 15) is 27.9 Å². The topological polar surface area (TPSA) is 93.5 Å². The van der Waals surface area contributed by atoms with Gasteiger partial charge in [0.1, 0.15) is 5.56 Å². The molecule has 0 fully saturated rings. The average molecular weight is 447 g/mol. The molecule has 0 bridgehead atoms. The zero-order chi connectivity index (χ0) is 23.3. The molecule has 0 radical (unpaired) electrons. The van der Waals surface area contributed by atoms with Crippen LogP contribution in [0.4, 0.5) is 13.2 Å². The Morgan fingerprint density at radius 1 is 1.12 bits per heavy atom. The monoisotopic (exact) mass is 447 g/mol. The van der Waals surface area contributed by atoms with Crippen molar-refractivity contribution in [1.82, 2.24) is 15.1 Å². The summed E-state index contributed by atoms with van der Waals surface area (Å²) in [6.07, 6.45) is -4.96. The summed E-state index contributed by atoms with van der Waals surface area (Å²) in [5.41, 5.74) is -1.14. The third kappa shape index (κ3) is 5.14. The Balaban J connectivity index is 1.77. The Bertz CT molecular complexity index is 1080. The maximum absolute atomic E-state index is 13.6. The summed E-state index contributed by atoms with van der Waals surface area (Å²) in [5, 5.41) is 16.4. The van der Waals surface area contributed by atoms with Crippen molar-refractivity contribution in [3.63, 3.8) is 0 Å². The lowest BCUT2D eigenvalue weighted by atomic mass is 10.1. The van der Waals surface area contributed by atoms with E-state index in [0.29, 0.717) is 10.2 Å². The lowest BCUT2D eigenvalue weighted by molar-refractivity contribution is -0.143. The number of halogens is 3. The van der Waals surface area contributed by atoms with Crippen LogP contribution in [0.5, 0.6) is 0 Å². The predicted octanol–water partition coefficient (Wildman–Crippen LogP) is 3.53. The number of alkyl halides is 3. The number of carbonyl (C=O) groups is 2. The molecule has 1 amide bonds. The van der Waals surface area contributed by atoms with Crippen molar-refractivity contribution in [3.8, 4) is 5.69 Å². The normalized spacial score (nSPS) is 12.3. The number of aromatic nitrogens is 2. The van der Waals surface area contributed by atoms with Crippen LogP contribution in [-0.2, 0) is 10.9 Å². The smallest absolute Gasteiger partial charge is 0.434 e. The standard InChI is InChI=1S/C22H20F3N3O4/c1-2-32-21(31)17-12-27-28(19(17)22(23,24)25)16-10-8-15(9-11-16)20(30)26-13-18(29)14-6-4-3-5-7-14/h3-12,18,29H,2,13H2,1H3,(H,26,30). The third-order valence-electron chi connectivity index (χ3n) is 4.55. The van der Waals surface area contributed by atoms with E-state index in [1.807, 2.05) is 0 Å². The Labute approximate surface area is 181 Å². The molecule has 1 heterocycles. The van der Waals surface area contributed by atoms with Gasteiger partial charge in [-0.25, -0.2) is 9.48 Å². The Hall–Kier alpha value is -3.66. The van der Waals surface area contributed by atoms with Gasteiger partial charge < -0.3 is 15.2 Å². The van der Waals surface area contributed by atoms with Gasteiger partial charge in [0, 0.05) is 12.1 Å². The van der Waals surface area contributed by atoms with Gasteiger partial charge in [-0.05, 0) is 36.8 Å². The minimum Gasteiger partial charge on any atom is -0.462 e. The van der Waals surface area contributed by atoms with E-state index in [1.54, 1.807) is 30.3 Å². The summed E-state index contributed by atoms with van der Waals surface area (Å²) in [4.78, 5) is 24.2. The fourth-order valence-electron chi connectivity index (χ4n) is 3.01. The van der Waals surface area contributed by atoms with Gasteiger partial charge in [0.2, 0.25) is 0 Å². The van der Waals surface area contributed by atoms with Crippen LogP contribution >= 0.6 is 0 Å². The summed E-state index contributed by atoms with van der Waals surface area (Å²) < 4.78 is 46.0. The number of rotatable bonds is 7. The number of hydrogen-bond donors (Lipinski definition) is 2. The Morgan fingerprint density at radius 3 is 2.38 bits per heavy atom. The van der Waals surface area contributed by atoms with Gasteiger partial charge in [-0.15, -0.1) is 0 Å². The highest BCUT2D eigenvalue weighted by molar-refractivity contribution is 5.94. The first kappa shape index (κ1) is 23.0. The summed E-state index contributed by atoms with van der Waals surface area (Å²) in [6, 6.07) is 14.0. The van der Waals surface area contributed by atoms with Crippen molar-refractivity contribution in [2.24, 2.45) is 0 Å². The Kier molecular flexibility index (Phi) is 6.94. The largest absolute Gasteiger partial charge is 0.462 e. The molecule has 10 heteroatoms. The van der Waals surface area contributed by atoms with Crippen LogP contribution in [0.3, 0.4) is 0 Å². The molecule has 0 aliphatic carbocycles. The summed E-state index contributed by atoms with van der Waals surface area (Å²) in [6.45, 7) is 1.37. The molecule has 32 heavy (non-hydrogen) atoms. The molecular formula is C22H20F3N3O4. The fraction of sp³-hybridized carbons (Fsp3) is 0.227. The van der Waals surface area contributed by atoms with E-state index in [2.05, 4.69) is 15.2 Å². The molecule has 2 aromatic carbocycles. The lowest BCUT2D eigenvalue weighted by Gasteiger charge is -2.14. The number of nitrogens with one attached hydrogen (secondary N) is 1. The quantitative estimate of drug-likeness (QED) is 0.541. The highest BCUT2D eigenvalue weighted by Gasteiger charge is 2.41. The van der Waals surface area contributed by atoms with E-state index in [4.69, 9.17) is 0 Å². The number of benzene rings is 2. The second-order valence-electron chi connectivity index (χ2n) is 6.72. The van der Waals surface area contributed by atoms with Gasteiger partial charge in [-0.2, -0.15) is 18.3 Å². The molecule has 2 N–H and O–H groups in total. The van der Waals surface area contributed by atoms with Crippen LogP contribution in [0.15, 0.2) is 60.8 Å². The van der Waals surface area contributed by atoms with Crippen molar-refractivity contribution < 1.29 is 32.6 Å². The maximum atomic E-state index is 13.6. The van der Waals surface area contributed by atoms with Crippen molar-refractivity contribution >= 4 is 11.9 Å². The van der Waals surface area contributed by atoms with Gasteiger partial charge >= 0.3 is 12.1 Å². The van der Waals surface area contributed by atoms with Crippen LogP contribution in [-0.4, -0.2) is 39.9 Å². The van der Waals surface area contributed by atoms with Gasteiger partial charge in [0.15, 0.2) is 5.69 Å². The van der Waals surface area contributed by atoms with Crippen LogP contribution in [0, 0.1) is 0 Å². The van der Waals surface area contributed by atoms with Gasteiger partial charge in [-0.1, -0.05) is 30.3 Å². The van der Waals surface area contributed by atoms with E-state index in [-0.39, 0.29) is 24.4 Å². The second kappa shape index (κ2) is 9.65. The number of aliphatic hydroxyl groups is 1. The first-order valence-corrected chi connectivity index (χ1v) is 9.66.